The topological polar surface area (TPSA) is 56.6 Å². The molecule has 1 saturated heterocycles. The number of hydrogen-bond donors (Lipinski definition) is 2. The largest absolute Gasteiger partial charge is 0.388 e. The van der Waals surface area contributed by atoms with E-state index in [0.29, 0.717) is 19.5 Å². The third-order valence-electron chi connectivity index (χ3n) is 4.76. The van der Waals surface area contributed by atoms with E-state index in [1.54, 1.807) is 11.3 Å². The number of aliphatic hydroxyl groups is 2. The van der Waals surface area contributed by atoms with Gasteiger partial charge in [-0.2, -0.15) is 0 Å². The molecule has 2 aromatic carbocycles. The maximum Gasteiger partial charge on any atom is 0.118 e. The lowest BCUT2D eigenvalue weighted by Gasteiger charge is -2.42. The summed E-state index contributed by atoms with van der Waals surface area (Å²) in [4.78, 5) is 6.83. The monoisotopic (exact) mass is 340 g/mol. The summed E-state index contributed by atoms with van der Waals surface area (Å²) >= 11 is 1.69. The summed E-state index contributed by atoms with van der Waals surface area (Å²) in [6.07, 6.45) is -0.286. The van der Waals surface area contributed by atoms with Crippen molar-refractivity contribution in [1.29, 1.82) is 0 Å². The first-order chi connectivity index (χ1) is 11.6. The molecular formula is C19H20N2O2S. The van der Waals surface area contributed by atoms with Gasteiger partial charge >= 0.3 is 0 Å². The molecule has 0 unspecified atom stereocenters. The predicted octanol–water partition coefficient (Wildman–Crippen LogP) is 2.75. The molecule has 1 aliphatic heterocycles. The molecule has 1 fully saturated rings. The Kier molecular flexibility index (Phi) is 4.10. The van der Waals surface area contributed by atoms with E-state index >= 15 is 0 Å². The first kappa shape index (κ1) is 15.7. The standard InChI is InChI=1S/C19H20N2O2S/c22-17-12-21(11-10-19(17,23)14-6-2-1-3-7-14)13-18-20-15-8-4-5-9-16(15)24-18/h1-9,17,22-23H,10-13H2/t17-,19-/m0/s1. The summed E-state index contributed by atoms with van der Waals surface area (Å²) in [6, 6.07) is 17.6. The predicted molar refractivity (Wildman–Crippen MR) is 95.9 cm³/mol. The zero-order valence-corrected chi connectivity index (χ0v) is 14.1. The Morgan fingerprint density at radius 1 is 1.12 bits per heavy atom. The zero-order chi connectivity index (χ0) is 16.6. The number of aromatic nitrogens is 1. The van der Waals surface area contributed by atoms with Gasteiger partial charge in [0.1, 0.15) is 10.6 Å². The molecule has 2 heterocycles. The third kappa shape index (κ3) is 2.84. The number of rotatable bonds is 3. The summed E-state index contributed by atoms with van der Waals surface area (Å²) in [6.45, 7) is 1.89. The molecule has 0 amide bonds. The van der Waals surface area contributed by atoms with Crippen LogP contribution in [-0.4, -0.2) is 39.3 Å². The van der Waals surface area contributed by atoms with E-state index in [4.69, 9.17) is 0 Å². The average molecular weight is 340 g/mol. The van der Waals surface area contributed by atoms with Crippen LogP contribution in [0.5, 0.6) is 0 Å². The Morgan fingerprint density at radius 2 is 1.88 bits per heavy atom. The van der Waals surface area contributed by atoms with Crippen LogP contribution in [-0.2, 0) is 12.1 Å². The lowest BCUT2D eigenvalue weighted by Crippen LogP contribution is -2.53. The molecule has 4 nitrogen and oxygen atoms in total. The van der Waals surface area contributed by atoms with Crippen LogP contribution in [0, 0.1) is 0 Å². The molecule has 0 spiro atoms. The minimum Gasteiger partial charge on any atom is -0.388 e. The highest BCUT2D eigenvalue weighted by atomic mass is 32.1. The average Bonchev–Trinajstić information content (AvgIpc) is 3.01. The molecular weight excluding hydrogens is 320 g/mol. The lowest BCUT2D eigenvalue weighted by atomic mass is 9.82. The second-order valence-corrected chi connectivity index (χ2v) is 7.48. The summed E-state index contributed by atoms with van der Waals surface area (Å²) < 4.78 is 1.19. The molecule has 2 N–H and O–H groups in total. The van der Waals surface area contributed by atoms with Crippen LogP contribution in [0.25, 0.3) is 10.2 Å². The lowest BCUT2D eigenvalue weighted by molar-refractivity contribution is -0.126. The summed E-state index contributed by atoms with van der Waals surface area (Å²) in [5.41, 5.74) is 0.652. The van der Waals surface area contributed by atoms with Crippen molar-refractivity contribution in [2.24, 2.45) is 0 Å². The van der Waals surface area contributed by atoms with Crippen molar-refractivity contribution >= 4 is 21.6 Å². The Bertz CT molecular complexity index is 803. The van der Waals surface area contributed by atoms with E-state index in [1.807, 2.05) is 48.5 Å². The van der Waals surface area contributed by atoms with Crippen molar-refractivity contribution in [2.75, 3.05) is 13.1 Å². The van der Waals surface area contributed by atoms with Crippen LogP contribution in [0.15, 0.2) is 54.6 Å². The molecule has 5 heteroatoms. The second-order valence-electron chi connectivity index (χ2n) is 6.37. The van der Waals surface area contributed by atoms with E-state index in [-0.39, 0.29) is 0 Å². The number of thiazole rings is 1. The first-order valence-corrected chi connectivity index (χ1v) is 8.99. The first-order valence-electron chi connectivity index (χ1n) is 8.18. The van der Waals surface area contributed by atoms with Gasteiger partial charge in [0.05, 0.1) is 22.9 Å². The number of nitrogens with zero attached hydrogens (tertiary/aromatic N) is 2. The fraction of sp³-hybridized carbons (Fsp3) is 0.316. The molecule has 4 rings (SSSR count). The Hall–Kier alpha value is -1.79. The smallest absolute Gasteiger partial charge is 0.118 e. The Balaban J connectivity index is 1.48. The number of hydrogen-bond acceptors (Lipinski definition) is 5. The quantitative estimate of drug-likeness (QED) is 0.770. The van der Waals surface area contributed by atoms with Crippen molar-refractivity contribution in [1.82, 2.24) is 9.88 Å². The van der Waals surface area contributed by atoms with E-state index < -0.39 is 11.7 Å². The minimum atomic E-state index is -1.16. The number of piperidine rings is 1. The summed E-state index contributed by atoms with van der Waals surface area (Å²) in [5, 5.41) is 22.5. The van der Waals surface area contributed by atoms with Crippen molar-refractivity contribution in [3.63, 3.8) is 0 Å². The number of fused-ring (bicyclic) bond motifs is 1. The maximum atomic E-state index is 10.9. The molecule has 124 valence electrons. The maximum absolute atomic E-state index is 10.9. The van der Waals surface area contributed by atoms with Crippen molar-refractivity contribution < 1.29 is 10.2 Å². The van der Waals surface area contributed by atoms with Crippen molar-refractivity contribution in [3.8, 4) is 0 Å². The van der Waals surface area contributed by atoms with E-state index in [9.17, 15) is 10.2 Å². The summed E-state index contributed by atoms with van der Waals surface area (Å²) in [5.74, 6) is 0. The van der Waals surface area contributed by atoms with Crippen LogP contribution in [0.4, 0.5) is 0 Å². The van der Waals surface area contributed by atoms with Gasteiger partial charge in [0.15, 0.2) is 0 Å². The number of aliphatic hydroxyl groups excluding tert-OH is 1. The van der Waals surface area contributed by atoms with Gasteiger partial charge in [0.2, 0.25) is 0 Å². The van der Waals surface area contributed by atoms with Gasteiger partial charge < -0.3 is 10.2 Å². The number of benzene rings is 2. The van der Waals surface area contributed by atoms with Gasteiger partial charge in [-0.1, -0.05) is 42.5 Å². The molecule has 3 aromatic rings. The van der Waals surface area contributed by atoms with Crippen LogP contribution >= 0.6 is 11.3 Å². The molecule has 0 aliphatic carbocycles. The van der Waals surface area contributed by atoms with Gasteiger partial charge in [-0.15, -0.1) is 11.3 Å². The van der Waals surface area contributed by atoms with Crippen LogP contribution < -0.4 is 0 Å². The van der Waals surface area contributed by atoms with Gasteiger partial charge in [-0.05, 0) is 24.1 Å². The van der Waals surface area contributed by atoms with Gasteiger partial charge in [-0.25, -0.2) is 4.98 Å². The molecule has 24 heavy (non-hydrogen) atoms. The SMILES string of the molecule is O[C@H]1CN(Cc2nc3ccccc3s2)CC[C@]1(O)c1ccccc1. The highest BCUT2D eigenvalue weighted by molar-refractivity contribution is 7.18. The van der Waals surface area contributed by atoms with E-state index in [0.717, 1.165) is 22.6 Å². The number of β-amino-alcohol motifs (C(OH)–C–C–N with tert-alkyl or cyclic N) is 1. The van der Waals surface area contributed by atoms with Gasteiger partial charge in [-0.3, -0.25) is 4.90 Å². The van der Waals surface area contributed by atoms with Crippen LogP contribution in [0.1, 0.15) is 17.0 Å². The highest BCUT2D eigenvalue weighted by Gasteiger charge is 2.41. The second kappa shape index (κ2) is 6.26. The minimum absolute atomic E-state index is 0.446. The molecule has 0 bridgehead atoms. The highest BCUT2D eigenvalue weighted by Crippen LogP contribution is 2.34. The fourth-order valence-corrected chi connectivity index (χ4v) is 4.38. The van der Waals surface area contributed by atoms with E-state index in [1.165, 1.54) is 4.70 Å². The molecule has 1 aromatic heterocycles. The van der Waals surface area contributed by atoms with Gasteiger partial charge in [0.25, 0.3) is 0 Å². The number of para-hydroxylation sites is 1. The molecule has 0 saturated carbocycles. The van der Waals surface area contributed by atoms with E-state index in [2.05, 4.69) is 16.0 Å². The molecule has 1 aliphatic rings. The Morgan fingerprint density at radius 3 is 2.62 bits per heavy atom. The molecule has 0 radical (unpaired) electrons. The molecule has 2 atom stereocenters. The van der Waals surface area contributed by atoms with Crippen LogP contribution in [0.3, 0.4) is 0 Å². The normalized spacial score (nSPS) is 25.2. The fourth-order valence-electron chi connectivity index (χ4n) is 3.37. The van der Waals surface area contributed by atoms with Gasteiger partial charge in [0, 0.05) is 13.1 Å². The third-order valence-corrected chi connectivity index (χ3v) is 5.78. The van der Waals surface area contributed by atoms with Crippen molar-refractivity contribution in [2.45, 2.75) is 24.7 Å². The van der Waals surface area contributed by atoms with Crippen molar-refractivity contribution in [3.05, 3.63) is 65.2 Å². The Labute approximate surface area is 145 Å². The summed E-state index contributed by atoms with van der Waals surface area (Å²) in [7, 11) is 0. The zero-order valence-electron chi connectivity index (χ0n) is 13.3. The number of likely N-dealkylation sites (tertiary alicyclic amines) is 1. The van der Waals surface area contributed by atoms with Crippen LogP contribution in [0.2, 0.25) is 0 Å².